The number of rotatable bonds is 6. The molecule has 0 bridgehead atoms. The molecule has 0 spiro atoms. The predicted octanol–water partition coefficient (Wildman–Crippen LogP) is 3.07. The van der Waals surface area contributed by atoms with Gasteiger partial charge in [0.15, 0.2) is 0 Å². The number of amides is 4. The van der Waals surface area contributed by atoms with E-state index in [0.29, 0.717) is 47.3 Å². The van der Waals surface area contributed by atoms with Crippen molar-refractivity contribution in [1.29, 1.82) is 0 Å². The molecule has 10 heteroatoms. The van der Waals surface area contributed by atoms with E-state index in [1.165, 1.54) is 11.3 Å². The van der Waals surface area contributed by atoms with Gasteiger partial charge < -0.3 is 20.4 Å². The molecule has 180 valence electrons. The Bertz CT molecular complexity index is 1090. The van der Waals surface area contributed by atoms with Crippen molar-refractivity contribution >= 4 is 52.3 Å². The standard InChI is InChI=1S/C24H27ClN4O4S/c1-2-21(30)28-13-17(18(14-28)27-24(33)19-10-11-20(25)34-19)26-23(32)15-6-8-16(9-7-15)29-12-4-3-5-22(29)31/h6-11,17-18H,2-5,12-14H2,1H3,(H,26,32)(H,27,33)/t17-,18-/m1/s1. The molecule has 2 fully saturated rings. The second-order valence-corrected chi connectivity index (χ2v) is 10.2. The number of hydrogen-bond donors (Lipinski definition) is 2. The van der Waals surface area contributed by atoms with Crippen LogP contribution in [0.2, 0.25) is 4.34 Å². The summed E-state index contributed by atoms with van der Waals surface area (Å²) in [7, 11) is 0. The van der Waals surface area contributed by atoms with Gasteiger partial charge in [-0.1, -0.05) is 18.5 Å². The largest absolute Gasteiger partial charge is 0.345 e. The van der Waals surface area contributed by atoms with Gasteiger partial charge in [-0.05, 0) is 49.2 Å². The summed E-state index contributed by atoms with van der Waals surface area (Å²) in [6.07, 6.45) is 2.76. The molecule has 0 aliphatic carbocycles. The molecule has 2 saturated heterocycles. The third-order valence-electron chi connectivity index (χ3n) is 6.17. The molecule has 2 aromatic rings. The van der Waals surface area contributed by atoms with Gasteiger partial charge in [-0.25, -0.2) is 0 Å². The van der Waals surface area contributed by atoms with Crippen LogP contribution in [0, 0.1) is 0 Å². The lowest BCUT2D eigenvalue weighted by Crippen LogP contribution is -2.50. The van der Waals surface area contributed by atoms with Crippen molar-refractivity contribution in [3.05, 3.63) is 51.2 Å². The van der Waals surface area contributed by atoms with E-state index in [1.807, 2.05) is 0 Å². The highest BCUT2D eigenvalue weighted by Crippen LogP contribution is 2.23. The van der Waals surface area contributed by atoms with Crippen LogP contribution in [0.15, 0.2) is 36.4 Å². The first-order valence-corrected chi connectivity index (χ1v) is 12.6. The first kappa shape index (κ1) is 24.2. The van der Waals surface area contributed by atoms with Gasteiger partial charge in [-0.3, -0.25) is 19.2 Å². The highest BCUT2D eigenvalue weighted by Gasteiger charge is 2.37. The maximum Gasteiger partial charge on any atom is 0.261 e. The molecular formula is C24H27ClN4O4S. The Labute approximate surface area is 207 Å². The number of nitrogens with one attached hydrogen (secondary N) is 2. The zero-order valence-electron chi connectivity index (χ0n) is 18.9. The number of likely N-dealkylation sites (tertiary alicyclic amines) is 1. The highest BCUT2D eigenvalue weighted by atomic mass is 35.5. The van der Waals surface area contributed by atoms with E-state index in [4.69, 9.17) is 11.6 Å². The van der Waals surface area contributed by atoms with Crippen LogP contribution >= 0.6 is 22.9 Å². The lowest BCUT2D eigenvalue weighted by Gasteiger charge is -2.27. The van der Waals surface area contributed by atoms with E-state index < -0.39 is 12.1 Å². The fraction of sp³-hybridized carbons (Fsp3) is 0.417. The number of hydrogen-bond acceptors (Lipinski definition) is 5. The minimum absolute atomic E-state index is 0.0364. The molecule has 4 rings (SSSR count). The van der Waals surface area contributed by atoms with Crippen molar-refractivity contribution in [1.82, 2.24) is 15.5 Å². The van der Waals surface area contributed by atoms with Gasteiger partial charge in [0.2, 0.25) is 11.8 Å². The predicted molar refractivity (Wildman–Crippen MR) is 131 cm³/mol. The fourth-order valence-corrected chi connectivity index (χ4v) is 5.27. The van der Waals surface area contributed by atoms with Crippen molar-refractivity contribution in [3.63, 3.8) is 0 Å². The summed E-state index contributed by atoms with van der Waals surface area (Å²) in [6.45, 7) is 3.10. The Morgan fingerprint density at radius 1 is 1.00 bits per heavy atom. The van der Waals surface area contributed by atoms with Crippen molar-refractivity contribution in [2.24, 2.45) is 0 Å². The first-order valence-electron chi connectivity index (χ1n) is 11.4. The molecule has 0 saturated carbocycles. The highest BCUT2D eigenvalue weighted by molar-refractivity contribution is 7.18. The van der Waals surface area contributed by atoms with E-state index in [-0.39, 0.29) is 23.6 Å². The maximum atomic E-state index is 13.0. The second kappa shape index (κ2) is 10.6. The Hall–Kier alpha value is -2.91. The van der Waals surface area contributed by atoms with Crippen LogP contribution in [-0.4, -0.2) is 60.2 Å². The van der Waals surface area contributed by atoms with Crippen molar-refractivity contribution in [2.45, 2.75) is 44.7 Å². The molecule has 2 N–H and O–H groups in total. The van der Waals surface area contributed by atoms with Crippen LogP contribution in [0.4, 0.5) is 5.69 Å². The normalized spacial score (nSPS) is 20.4. The summed E-state index contributed by atoms with van der Waals surface area (Å²) in [6, 6.07) is 9.37. The molecule has 1 aromatic heterocycles. The minimum atomic E-state index is -0.439. The Balaban J connectivity index is 1.44. The number of piperidine rings is 1. The first-order chi connectivity index (χ1) is 16.4. The molecule has 34 heavy (non-hydrogen) atoms. The average Bonchev–Trinajstić information content (AvgIpc) is 3.45. The number of halogens is 1. The molecular weight excluding hydrogens is 476 g/mol. The summed E-state index contributed by atoms with van der Waals surface area (Å²) < 4.78 is 0.513. The average molecular weight is 503 g/mol. The second-order valence-electron chi connectivity index (χ2n) is 8.47. The fourth-order valence-electron chi connectivity index (χ4n) is 4.32. The third kappa shape index (κ3) is 5.42. The molecule has 2 atom stereocenters. The topological polar surface area (TPSA) is 98.8 Å². The summed E-state index contributed by atoms with van der Waals surface area (Å²) in [5.74, 6) is -0.528. The number of thiophene rings is 1. The summed E-state index contributed by atoms with van der Waals surface area (Å²) in [5.41, 5.74) is 1.23. The molecule has 2 aliphatic heterocycles. The van der Waals surface area contributed by atoms with Gasteiger partial charge in [0.1, 0.15) is 0 Å². The van der Waals surface area contributed by atoms with E-state index in [1.54, 1.807) is 53.1 Å². The lowest BCUT2D eigenvalue weighted by molar-refractivity contribution is -0.129. The van der Waals surface area contributed by atoms with Crippen LogP contribution in [-0.2, 0) is 9.59 Å². The smallest absolute Gasteiger partial charge is 0.261 e. The number of nitrogens with zero attached hydrogens (tertiary/aromatic N) is 2. The summed E-state index contributed by atoms with van der Waals surface area (Å²) in [4.78, 5) is 54.0. The van der Waals surface area contributed by atoms with Gasteiger partial charge in [0, 0.05) is 43.7 Å². The summed E-state index contributed by atoms with van der Waals surface area (Å²) in [5, 5.41) is 5.91. The summed E-state index contributed by atoms with van der Waals surface area (Å²) >= 11 is 7.12. The number of carbonyl (C=O) groups excluding carboxylic acids is 4. The van der Waals surface area contributed by atoms with E-state index in [9.17, 15) is 19.2 Å². The molecule has 2 aliphatic rings. The zero-order chi connectivity index (χ0) is 24.2. The van der Waals surface area contributed by atoms with E-state index in [2.05, 4.69) is 10.6 Å². The van der Waals surface area contributed by atoms with Crippen LogP contribution in [0.25, 0.3) is 0 Å². The Kier molecular flexibility index (Phi) is 7.53. The molecule has 0 radical (unpaired) electrons. The van der Waals surface area contributed by atoms with Crippen molar-refractivity contribution in [3.8, 4) is 0 Å². The van der Waals surface area contributed by atoms with Crippen molar-refractivity contribution in [2.75, 3.05) is 24.5 Å². The van der Waals surface area contributed by atoms with Crippen LogP contribution < -0.4 is 15.5 Å². The Morgan fingerprint density at radius 3 is 2.26 bits per heavy atom. The number of benzene rings is 1. The molecule has 1 aromatic carbocycles. The number of carbonyl (C=O) groups is 4. The van der Waals surface area contributed by atoms with Crippen LogP contribution in [0.1, 0.15) is 52.6 Å². The van der Waals surface area contributed by atoms with Gasteiger partial charge in [0.25, 0.3) is 11.8 Å². The van der Waals surface area contributed by atoms with Crippen LogP contribution in [0.5, 0.6) is 0 Å². The zero-order valence-corrected chi connectivity index (χ0v) is 20.5. The maximum absolute atomic E-state index is 13.0. The quantitative estimate of drug-likeness (QED) is 0.634. The van der Waals surface area contributed by atoms with Gasteiger partial charge >= 0.3 is 0 Å². The third-order valence-corrected chi connectivity index (χ3v) is 7.40. The molecule has 4 amide bonds. The monoisotopic (exact) mass is 502 g/mol. The molecule has 3 heterocycles. The van der Waals surface area contributed by atoms with Gasteiger partial charge in [0.05, 0.1) is 21.3 Å². The number of anilines is 1. The Morgan fingerprint density at radius 2 is 1.68 bits per heavy atom. The SMILES string of the molecule is CCC(=O)N1C[C@@H](NC(=O)c2ccc(N3CCCCC3=O)cc2)[C@H](NC(=O)c2ccc(Cl)s2)C1. The molecule has 0 unspecified atom stereocenters. The lowest BCUT2D eigenvalue weighted by atomic mass is 10.1. The van der Waals surface area contributed by atoms with E-state index in [0.717, 1.165) is 18.5 Å². The van der Waals surface area contributed by atoms with Gasteiger partial charge in [-0.2, -0.15) is 0 Å². The molecule has 8 nitrogen and oxygen atoms in total. The minimum Gasteiger partial charge on any atom is -0.345 e. The van der Waals surface area contributed by atoms with Crippen molar-refractivity contribution < 1.29 is 19.2 Å². The van der Waals surface area contributed by atoms with Gasteiger partial charge in [-0.15, -0.1) is 11.3 Å². The van der Waals surface area contributed by atoms with E-state index >= 15 is 0 Å². The van der Waals surface area contributed by atoms with Crippen LogP contribution in [0.3, 0.4) is 0 Å².